The highest BCUT2D eigenvalue weighted by atomic mass is 32.1. The number of aromatic nitrogens is 1. The molecule has 1 aliphatic heterocycles. The number of benzene rings is 2. The summed E-state index contributed by atoms with van der Waals surface area (Å²) in [6.45, 7) is 0.422. The van der Waals surface area contributed by atoms with Gasteiger partial charge in [-0.25, -0.2) is 13.8 Å². The number of piperidine rings is 1. The predicted molar refractivity (Wildman–Crippen MR) is 96.9 cm³/mol. The van der Waals surface area contributed by atoms with Gasteiger partial charge in [0.2, 0.25) is 0 Å². The highest BCUT2D eigenvalue weighted by molar-refractivity contribution is 7.20. The van der Waals surface area contributed by atoms with E-state index in [0.717, 1.165) is 28.4 Å². The highest BCUT2D eigenvalue weighted by Gasteiger charge is 2.33. The molecule has 2 heterocycles. The van der Waals surface area contributed by atoms with Crippen LogP contribution < -0.4 is 4.74 Å². The summed E-state index contributed by atoms with van der Waals surface area (Å²) in [4.78, 5) is 18.6. The number of likely N-dealkylation sites (tertiary alicyclic amines) is 1. The van der Waals surface area contributed by atoms with Crippen molar-refractivity contribution in [3.05, 3.63) is 59.1 Å². The SMILES string of the molecule is O=C(c1nc2ccccc2s1)N1CC[C@@H](Oc2cc(F)cc(F)c2)[C@H](O)C1. The van der Waals surface area contributed by atoms with E-state index in [2.05, 4.69) is 4.98 Å². The number of thiazole rings is 1. The minimum absolute atomic E-state index is 0.0162. The topological polar surface area (TPSA) is 62.7 Å². The van der Waals surface area contributed by atoms with Gasteiger partial charge in [-0.2, -0.15) is 0 Å². The van der Waals surface area contributed by atoms with Gasteiger partial charge in [0.05, 0.1) is 16.8 Å². The number of β-amino-alcohol motifs (C(OH)–C–C–N with tert-alkyl or cyclic N) is 1. The number of ether oxygens (including phenoxy) is 1. The molecule has 1 N–H and O–H groups in total. The number of amides is 1. The normalized spacial score (nSPS) is 20.0. The van der Waals surface area contributed by atoms with E-state index in [-0.39, 0.29) is 18.2 Å². The predicted octanol–water partition coefficient (Wildman–Crippen LogP) is 3.23. The van der Waals surface area contributed by atoms with Crippen LogP contribution in [0.4, 0.5) is 8.78 Å². The second-order valence-corrected chi connectivity index (χ2v) is 7.39. The highest BCUT2D eigenvalue weighted by Crippen LogP contribution is 2.25. The monoisotopic (exact) mass is 390 g/mol. The lowest BCUT2D eigenvalue weighted by atomic mass is 10.0. The minimum Gasteiger partial charge on any atom is -0.487 e. The van der Waals surface area contributed by atoms with Crippen molar-refractivity contribution in [2.45, 2.75) is 18.6 Å². The Balaban J connectivity index is 1.44. The number of halogens is 2. The molecule has 3 aromatic rings. The van der Waals surface area contributed by atoms with Crippen molar-refractivity contribution in [3.8, 4) is 5.75 Å². The Bertz CT molecular complexity index is 941. The first-order valence-electron chi connectivity index (χ1n) is 8.45. The average Bonchev–Trinajstić information content (AvgIpc) is 3.06. The van der Waals surface area contributed by atoms with Gasteiger partial charge in [-0.15, -0.1) is 11.3 Å². The molecule has 0 spiro atoms. The number of carbonyl (C=O) groups is 1. The van der Waals surface area contributed by atoms with Crippen molar-refractivity contribution in [2.75, 3.05) is 13.1 Å². The summed E-state index contributed by atoms with van der Waals surface area (Å²) >= 11 is 1.31. The van der Waals surface area contributed by atoms with Crippen LogP contribution in [-0.4, -0.2) is 46.2 Å². The van der Waals surface area contributed by atoms with Crippen LogP contribution in [0.3, 0.4) is 0 Å². The Morgan fingerprint density at radius 1 is 1.22 bits per heavy atom. The van der Waals surface area contributed by atoms with E-state index in [1.807, 2.05) is 24.3 Å². The molecule has 2 atom stereocenters. The van der Waals surface area contributed by atoms with Crippen LogP contribution in [0.1, 0.15) is 16.2 Å². The van der Waals surface area contributed by atoms with Crippen LogP contribution in [0.25, 0.3) is 10.2 Å². The maximum atomic E-state index is 13.3. The maximum Gasteiger partial charge on any atom is 0.282 e. The quantitative estimate of drug-likeness (QED) is 0.746. The minimum atomic E-state index is -0.969. The molecule has 1 fully saturated rings. The zero-order chi connectivity index (χ0) is 19.0. The Hall–Kier alpha value is -2.58. The first kappa shape index (κ1) is 17.8. The van der Waals surface area contributed by atoms with Gasteiger partial charge in [-0.3, -0.25) is 4.79 Å². The Morgan fingerprint density at radius 2 is 1.96 bits per heavy atom. The van der Waals surface area contributed by atoms with Crippen molar-refractivity contribution in [1.82, 2.24) is 9.88 Å². The van der Waals surface area contributed by atoms with E-state index in [0.29, 0.717) is 18.0 Å². The lowest BCUT2D eigenvalue weighted by molar-refractivity contribution is -0.0200. The molecule has 0 aliphatic carbocycles. The smallest absolute Gasteiger partial charge is 0.282 e. The number of fused-ring (bicyclic) bond motifs is 1. The standard InChI is InChI=1S/C19H16F2N2O3S/c20-11-7-12(21)9-13(8-11)26-16-5-6-23(10-15(16)24)19(25)18-22-14-3-1-2-4-17(14)27-18/h1-4,7-9,15-16,24H,5-6,10H2/t15-,16-/m1/s1. The Morgan fingerprint density at radius 3 is 2.67 bits per heavy atom. The maximum absolute atomic E-state index is 13.3. The molecular weight excluding hydrogens is 374 g/mol. The zero-order valence-electron chi connectivity index (χ0n) is 14.1. The van der Waals surface area contributed by atoms with Gasteiger partial charge >= 0.3 is 0 Å². The molecular formula is C19H16F2N2O3S. The van der Waals surface area contributed by atoms with E-state index in [1.165, 1.54) is 16.2 Å². The van der Waals surface area contributed by atoms with Crippen LogP contribution in [0, 0.1) is 11.6 Å². The third-order valence-corrected chi connectivity index (χ3v) is 5.43. The van der Waals surface area contributed by atoms with Gasteiger partial charge in [0, 0.05) is 31.2 Å². The molecule has 1 aliphatic rings. The van der Waals surface area contributed by atoms with Gasteiger partial charge in [0.15, 0.2) is 5.01 Å². The van der Waals surface area contributed by atoms with Crippen LogP contribution in [0.15, 0.2) is 42.5 Å². The van der Waals surface area contributed by atoms with Crippen molar-refractivity contribution in [2.24, 2.45) is 0 Å². The van der Waals surface area contributed by atoms with Crippen LogP contribution in [-0.2, 0) is 0 Å². The number of aliphatic hydroxyl groups excluding tert-OH is 1. The van der Waals surface area contributed by atoms with Crippen molar-refractivity contribution < 1.29 is 23.4 Å². The lowest BCUT2D eigenvalue weighted by Crippen LogP contribution is -2.51. The number of rotatable bonds is 3. The Labute approximate surface area is 157 Å². The fraction of sp³-hybridized carbons (Fsp3) is 0.263. The fourth-order valence-corrected chi connectivity index (χ4v) is 4.04. The molecule has 0 bridgehead atoms. The fourth-order valence-electron chi connectivity index (χ4n) is 3.10. The van der Waals surface area contributed by atoms with Crippen LogP contribution >= 0.6 is 11.3 Å². The number of hydrogen-bond acceptors (Lipinski definition) is 5. The average molecular weight is 390 g/mol. The molecule has 1 aromatic heterocycles. The summed E-state index contributed by atoms with van der Waals surface area (Å²) in [5, 5.41) is 10.7. The summed E-state index contributed by atoms with van der Waals surface area (Å²) in [6, 6.07) is 10.4. The second kappa shape index (κ2) is 7.21. The van der Waals surface area contributed by atoms with E-state index in [4.69, 9.17) is 4.74 Å². The molecule has 0 radical (unpaired) electrons. The number of carbonyl (C=O) groups excluding carboxylic acids is 1. The molecule has 27 heavy (non-hydrogen) atoms. The van der Waals surface area contributed by atoms with Crippen LogP contribution in [0.5, 0.6) is 5.75 Å². The van der Waals surface area contributed by atoms with Gasteiger partial charge in [0.1, 0.15) is 29.6 Å². The summed E-state index contributed by atoms with van der Waals surface area (Å²) in [5.41, 5.74) is 0.762. The van der Waals surface area contributed by atoms with E-state index < -0.39 is 23.8 Å². The van der Waals surface area contributed by atoms with Gasteiger partial charge in [0.25, 0.3) is 5.91 Å². The van der Waals surface area contributed by atoms with Crippen molar-refractivity contribution >= 4 is 27.5 Å². The Kier molecular flexibility index (Phi) is 4.75. The first-order chi connectivity index (χ1) is 13.0. The molecule has 5 nitrogen and oxygen atoms in total. The van der Waals surface area contributed by atoms with E-state index >= 15 is 0 Å². The molecule has 2 aromatic carbocycles. The lowest BCUT2D eigenvalue weighted by Gasteiger charge is -2.35. The number of hydrogen-bond donors (Lipinski definition) is 1. The molecule has 140 valence electrons. The summed E-state index contributed by atoms with van der Waals surface area (Å²) in [6.07, 6.45) is -1.27. The van der Waals surface area contributed by atoms with Gasteiger partial charge < -0.3 is 14.7 Å². The van der Waals surface area contributed by atoms with E-state index in [9.17, 15) is 18.7 Å². The molecule has 1 amide bonds. The van der Waals surface area contributed by atoms with E-state index in [1.54, 1.807) is 0 Å². The largest absolute Gasteiger partial charge is 0.487 e. The second-order valence-electron chi connectivity index (χ2n) is 6.36. The molecule has 0 unspecified atom stereocenters. The zero-order valence-corrected chi connectivity index (χ0v) is 15.0. The molecule has 1 saturated heterocycles. The third-order valence-electron chi connectivity index (χ3n) is 4.41. The summed E-state index contributed by atoms with van der Waals surface area (Å²) in [5.74, 6) is -1.72. The third kappa shape index (κ3) is 3.77. The summed E-state index contributed by atoms with van der Waals surface area (Å²) < 4.78 is 33.0. The van der Waals surface area contributed by atoms with Crippen LogP contribution in [0.2, 0.25) is 0 Å². The van der Waals surface area contributed by atoms with Crippen molar-refractivity contribution in [3.63, 3.8) is 0 Å². The number of para-hydroxylation sites is 1. The summed E-state index contributed by atoms with van der Waals surface area (Å²) in [7, 11) is 0. The molecule has 0 saturated carbocycles. The van der Waals surface area contributed by atoms with Crippen molar-refractivity contribution in [1.29, 1.82) is 0 Å². The molecule has 8 heteroatoms. The number of aliphatic hydroxyl groups is 1. The van der Waals surface area contributed by atoms with Gasteiger partial charge in [-0.05, 0) is 12.1 Å². The van der Waals surface area contributed by atoms with Gasteiger partial charge in [-0.1, -0.05) is 12.1 Å². The first-order valence-corrected chi connectivity index (χ1v) is 9.27. The number of nitrogens with zero attached hydrogens (tertiary/aromatic N) is 2. The molecule has 4 rings (SSSR count).